The summed E-state index contributed by atoms with van der Waals surface area (Å²) in [6, 6.07) is 12.9. The number of hydrogen-bond donors (Lipinski definition) is 2. The average molecular weight is 406 g/mol. The van der Waals surface area contributed by atoms with E-state index < -0.39 is 0 Å². The smallest absolute Gasteiger partial charge is 0.321 e. The van der Waals surface area contributed by atoms with Crippen LogP contribution >= 0.6 is 0 Å². The van der Waals surface area contributed by atoms with Crippen molar-refractivity contribution in [1.82, 2.24) is 10.2 Å². The Hall–Kier alpha value is -3.35. The fraction of sp³-hybridized carbons (Fsp3) is 0.348. The van der Waals surface area contributed by atoms with E-state index in [2.05, 4.69) is 10.6 Å². The van der Waals surface area contributed by atoms with Crippen molar-refractivity contribution in [2.75, 3.05) is 29.9 Å². The number of fused-ring (bicyclic) bond motifs is 1. The minimum Gasteiger partial charge on any atom is -0.348 e. The van der Waals surface area contributed by atoms with Crippen LogP contribution in [0.25, 0.3) is 0 Å². The summed E-state index contributed by atoms with van der Waals surface area (Å²) < 4.78 is 0. The largest absolute Gasteiger partial charge is 0.348 e. The molecule has 1 fully saturated rings. The number of hydrogen-bond acceptors (Lipinski definition) is 3. The van der Waals surface area contributed by atoms with Gasteiger partial charge in [-0.15, -0.1) is 0 Å². The van der Waals surface area contributed by atoms with Crippen LogP contribution in [0.5, 0.6) is 0 Å². The van der Waals surface area contributed by atoms with Gasteiger partial charge in [0.1, 0.15) is 0 Å². The van der Waals surface area contributed by atoms with E-state index in [0.717, 1.165) is 54.9 Å². The van der Waals surface area contributed by atoms with E-state index in [-0.39, 0.29) is 17.8 Å². The highest BCUT2D eigenvalue weighted by Crippen LogP contribution is 2.29. The molecule has 30 heavy (non-hydrogen) atoms. The van der Waals surface area contributed by atoms with E-state index in [1.165, 1.54) is 0 Å². The lowest BCUT2D eigenvalue weighted by atomic mass is 10.1. The number of urea groups is 1. The molecule has 0 aromatic heterocycles. The normalized spacial score (nSPS) is 15.1. The zero-order valence-corrected chi connectivity index (χ0v) is 17.1. The van der Waals surface area contributed by atoms with Crippen LogP contribution in [-0.2, 0) is 17.8 Å². The van der Waals surface area contributed by atoms with Gasteiger partial charge in [-0.1, -0.05) is 12.1 Å². The fourth-order valence-electron chi connectivity index (χ4n) is 4.04. The van der Waals surface area contributed by atoms with Gasteiger partial charge in [0.05, 0.1) is 0 Å². The van der Waals surface area contributed by atoms with Gasteiger partial charge in [-0.25, -0.2) is 4.79 Å². The third-order valence-corrected chi connectivity index (χ3v) is 5.64. The Balaban J connectivity index is 1.36. The van der Waals surface area contributed by atoms with E-state index >= 15 is 0 Å². The molecule has 0 atom stereocenters. The van der Waals surface area contributed by atoms with Gasteiger partial charge in [0.15, 0.2) is 0 Å². The van der Waals surface area contributed by atoms with E-state index in [9.17, 15) is 14.4 Å². The highest BCUT2D eigenvalue weighted by atomic mass is 16.2. The van der Waals surface area contributed by atoms with E-state index in [1.54, 1.807) is 17.9 Å². The minimum absolute atomic E-state index is 0.0163. The third-order valence-electron chi connectivity index (χ3n) is 5.64. The molecule has 7 heteroatoms. The van der Waals surface area contributed by atoms with Gasteiger partial charge in [0.25, 0.3) is 5.91 Å². The summed E-state index contributed by atoms with van der Waals surface area (Å²) in [5.74, 6) is -0.145. The van der Waals surface area contributed by atoms with Crippen LogP contribution in [-0.4, -0.2) is 42.4 Å². The molecule has 2 aromatic carbocycles. The zero-order valence-electron chi connectivity index (χ0n) is 17.1. The molecule has 0 aliphatic carbocycles. The topological polar surface area (TPSA) is 81.8 Å². The molecule has 156 valence electrons. The molecule has 2 aromatic rings. The van der Waals surface area contributed by atoms with Crippen LogP contribution < -0.4 is 15.5 Å². The maximum atomic E-state index is 12.6. The molecule has 0 unspecified atom stereocenters. The van der Waals surface area contributed by atoms with Crippen molar-refractivity contribution in [3.63, 3.8) is 0 Å². The van der Waals surface area contributed by atoms with E-state index in [1.807, 2.05) is 41.3 Å². The number of nitrogens with one attached hydrogen (secondary N) is 2. The molecule has 0 radical (unpaired) electrons. The molecule has 7 nitrogen and oxygen atoms in total. The molecular formula is C23H26N4O3. The number of amides is 4. The first-order valence-electron chi connectivity index (χ1n) is 10.4. The Morgan fingerprint density at radius 3 is 2.57 bits per heavy atom. The van der Waals surface area contributed by atoms with Crippen LogP contribution in [0.4, 0.5) is 16.2 Å². The summed E-state index contributed by atoms with van der Waals surface area (Å²) in [5, 5.41) is 5.86. The summed E-state index contributed by atoms with van der Waals surface area (Å²) in [6.45, 7) is 4.17. The number of rotatable bonds is 4. The molecule has 2 aliphatic rings. The zero-order chi connectivity index (χ0) is 21.1. The van der Waals surface area contributed by atoms with Crippen LogP contribution in [0.2, 0.25) is 0 Å². The standard InChI is InChI=1S/C23H26N4O3/c1-16(28)27-12-9-18-14-19(7-8-21(18)27)22(29)24-15-17-5-4-6-20(13-17)25-23(30)26-10-2-3-11-26/h4-8,13-14H,2-3,9-12,15H2,1H3,(H,24,29)(H,25,30). The van der Waals surface area contributed by atoms with Crippen LogP contribution in [0.15, 0.2) is 42.5 Å². The van der Waals surface area contributed by atoms with Crippen molar-refractivity contribution >= 4 is 29.2 Å². The summed E-state index contributed by atoms with van der Waals surface area (Å²) in [6.07, 6.45) is 2.86. The maximum Gasteiger partial charge on any atom is 0.321 e. The molecule has 2 aliphatic heterocycles. The van der Waals surface area contributed by atoms with Gasteiger partial charge < -0.3 is 20.4 Å². The number of likely N-dealkylation sites (tertiary alicyclic amines) is 1. The van der Waals surface area contributed by atoms with Crippen molar-refractivity contribution < 1.29 is 14.4 Å². The molecule has 1 saturated heterocycles. The number of anilines is 2. The quantitative estimate of drug-likeness (QED) is 0.818. The maximum absolute atomic E-state index is 12.6. The molecule has 4 rings (SSSR count). The summed E-state index contributed by atoms with van der Waals surface area (Å²) in [7, 11) is 0. The Morgan fingerprint density at radius 2 is 1.80 bits per heavy atom. The first-order chi connectivity index (χ1) is 14.5. The highest BCUT2D eigenvalue weighted by Gasteiger charge is 2.23. The minimum atomic E-state index is -0.161. The lowest BCUT2D eigenvalue weighted by Gasteiger charge is -2.16. The van der Waals surface area contributed by atoms with Gasteiger partial charge in [-0.3, -0.25) is 9.59 Å². The summed E-state index contributed by atoms with van der Waals surface area (Å²) in [5.41, 5.74) is 4.12. The van der Waals surface area contributed by atoms with Crippen LogP contribution in [0.1, 0.15) is 41.3 Å². The molecule has 0 saturated carbocycles. The average Bonchev–Trinajstić information content (AvgIpc) is 3.41. The van der Waals surface area contributed by atoms with Crippen LogP contribution in [0, 0.1) is 0 Å². The van der Waals surface area contributed by atoms with Gasteiger partial charge in [0.2, 0.25) is 5.91 Å². The number of benzene rings is 2. The fourth-order valence-corrected chi connectivity index (χ4v) is 4.04. The van der Waals surface area contributed by atoms with Crippen molar-refractivity contribution in [2.45, 2.75) is 32.7 Å². The van der Waals surface area contributed by atoms with Gasteiger partial charge >= 0.3 is 6.03 Å². The SMILES string of the molecule is CC(=O)N1CCc2cc(C(=O)NCc3cccc(NC(=O)N4CCCC4)c3)ccc21. The van der Waals surface area contributed by atoms with Gasteiger partial charge in [-0.05, 0) is 60.7 Å². The summed E-state index contributed by atoms with van der Waals surface area (Å²) >= 11 is 0. The number of carbonyl (C=O) groups excluding carboxylic acids is 3. The molecular weight excluding hydrogens is 380 g/mol. The molecule has 2 heterocycles. The summed E-state index contributed by atoms with van der Waals surface area (Å²) in [4.78, 5) is 40.1. The second-order valence-electron chi connectivity index (χ2n) is 7.77. The second kappa shape index (κ2) is 8.57. The van der Waals surface area contributed by atoms with E-state index in [0.29, 0.717) is 18.7 Å². The lowest BCUT2D eigenvalue weighted by molar-refractivity contribution is -0.116. The third kappa shape index (κ3) is 4.30. The predicted molar refractivity (Wildman–Crippen MR) is 116 cm³/mol. The lowest BCUT2D eigenvalue weighted by Crippen LogP contribution is -2.32. The van der Waals surface area contributed by atoms with E-state index in [4.69, 9.17) is 0 Å². The van der Waals surface area contributed by atoms with Crippen molar-refractivity contribution in [3.8, 4) is 0 Å². The Morgan fingerprint density at radius 1 is 1.00 bits per heavy atom. The molecule has 2 N–H and O–H groups in total. The molecule has 0 bridgehead atoms. The highest BCUT2D eigenvalue weighted by molar-refractivity contribution is 5.98. The number of carbonyl (C=O) groups is 3. The Kier molecular flexibility index (Phi) is 5.70. The van der Waals surface area contributed by atoms with Gasteiger partial charge in [0, 0.05) is 50.0 Å². The molecule has 0 spiro atoms. The van der Waals surface area contributed by atoms with Crippen molar-refractivity contribution in [2.24, 2.45) is 0 Å². The Labute approximate surface area is 176 Å². The first-order valence-corrected chi connectivity index (χ1v) is 10.4. The Bertz CT molecular complexity index is 982. The van der Waals surface area contributed by atoms with Crippen LogP contribution in [0.3, 0.4) is 0 Å². The van der Waals surface area contributed by atoms with Crippen molar-refractivity contribution in [1.29, 1.82) is 0 Å². The first kappa shape index (κ1) is 19.9. The predicted octanol–water partition coefficient (Wildman–Crippen LogP) is 3.15. The monoisotopic (exact) mass is 406 g/mol. The van der Waals surface area contributed by atoms with Crippen molar-refractivity contribution in [3.05, 3.63) is 59.2 Å². The second-order valence-corrected chi connectivity index (χ2v) is 7.77. The van der Waals surface area contributed by atoms with Gasteiger partial charge in [-0.2, -0.15) is 0 Å². The number of nitrogens with zero attached hydrogens (tertiary/aromatic N) is 2. The molecule has 4 amide bonds.